The fraction of sp³-hybridized carbons (Fsp3) is 0.533. The predicted octanol–water partition coefficient (Wildman–Crippen LogP) is 1.42. The fourth-order valence-corrected chi connectivity index (χ4v) is 3.66. The van der Waals surface area contributed by atoms with Crippen molar-refractivity contribution in [3.8, 4) is 0 Å². The average molecular weight is 340 g/mol. The van der Waals surface area contributed by atoms with Gasteiger partial charge in [0.05, 0.1) is 24.1 Å². The lowest BCUT2D eigenvalue weighted by Gasteiger charge is -2.29. The van der Waals surface area contributed by atoms with Crippen LogP contribution in [0.1, 0.15) is 37.0 Å². The lowest BCUT2D eigenvalue weighted by Crippen LogP contribution is -2.40. The van der Waals surface area contributed by atoms with E-state index in [1.165, 1.54) is 18.1 Å². The number of ether oxygens (including phenoxy) is 1. The first-order valence-electron chi connectivity index (χ1n) is 7.37. The Morgan fingerprint density at radius 2 is 2.09 bits per heavy atom. The maximum absolute atomic E-state index is 12.4. The van der Waals surface area contributed by atoms with Gasteiger partial charge in [-0.3, -0.25) is 4.79 Å². The zero-order valence-corrected chi connectivity index (χ0v) is 14.2. The van der Waals surface area contributed by atoms with Crippen molar-refractivity contribution in [3.05, 3.63) is 17.8 Å². The lowest BCUT2D eigenvalue weighted by molar-refractivity contribution is -0.118. The van der Waals surface area contributed by atoms with Crippen LogP contribution in [0.3, 0.4) is 0 Å². The van der Waals surface area contributed by atoms with Gasteiger partial charge in [0.15, 0.2) is 14.9 Å². The van der Waals surface area contributed by atoms with Crippen molar-refractivity contribution < 1.29 is 22.7 Å². The highest BCUT2D eigenvalue weighted by Gasteiger charge is 2.33. The molecular weight excluding hydrogens is 320 g/mol. The average Bonchev–Trinajstić information content (AvgIpc) is 2.51. The molecule has 0 fully saturated rings. The number of hydrogen-bond donors (Lipinski definition) is 0. The number of amides is 1. The molecule has 2 heterocycles. The molecule has 0 spiro atoms. The first-order valence-corrected chi connectivity index (χ1v) is 9.03. The van der Waals surface area contributed by atoms with Crippen LogP contribution in [0, 0.1) is 5.92 Å². The fourth-order valence-electron chi connectivity index (χ4n) is 2.34. The predicted molar refractivity (Wildman–Crippen MR) is 84.1 cm³/mol. The summed E-state index contributed by atoms with van der Waals surface area (Å²) in [7, 11) is -2.32. The SMILES string of the molecule is COC(=O)c1cnc2c(c1)N(C(=O)CCC(C)C)CCS2(=O)=O. The van der Waals surface area contributed by atoms with Crippen LogP contribution in [0.25, 0.3) is 0 Å². The number of rotatable bonds is 4. The molecule has 0 atom stereocenters. The summed E-state index contributed by atoms with van der Waals surface area (Å²) in [4.78, 5) is 29.3. The largest absolute Gasteiger partial charge is 0.465 e. The number of nitrogens with zero attached hydrogens (tertiary/aromatic N) is 2. The summed E-state index contributed by atoms with van der Waals surface area (Å²) in [5.74, 6) is -0.596. The van der Waals surface area contributed by atoms with Crippen LogP contribution in [0.4, 0.5) is 5.69 Å². The summed E-state index contributed by atoms with van der Waals surface area (Å²) >= 11 is 0. The molecule has 1 aliphatic rings. The minimum atomic E-state index is -3.55. The molecule has 0 radical (unpaired) electrons. The van der Waals surface area contributed by atoms with Crippen molar-refractivity contribution in [3.63, 3.8) is 0 Å². The minimum absolute atomic E-state index is 0.0680. The summed E-state index contributed by atoms with van der Waals surface area (Å²) in [6.07, 6.45) is 2.19. The zero-order chi connectivity index (χ0) is 17.2. The number of pyridine rings is 1. The number of hydrogen-bond acceptors (Lipinski definition) is 6. The number of carbonyl (C=O) groups excluding carboxylic acids is 2. The van der Waals surface area contributed by atoms with Gasteiger partial charge in [-0.1, -0.05) is 13.8 Å². The van der Waals surface area contributed by atoms with E-state index in [0.717, 1.165) is 6.20 Å². The third-order valence-electron chi connectivity index (χ3n) is 3.66. The van der Waals surface area contributed by atoms with Crippen molar-refractivity contribution in [2.45, 2.75) is 31.7 Å². The van der Waals surface area contributed by atoms with Crippen LogP contribution < -0.4 is 4.90 Å². The molecule has 7 nitrogen and oxygen atoms in total. The number of fused-ring (bicyclic) bond motifs is 1. The summed E-state index contributed by atoms with van der Waals surface area (Å²) in [5.41, 5.74) is 0.276. The summed E-state index contributed by atoms with van der Waals surface area (Å²) in [6.45, 7) is 4.09. The molecule has 23 heavy (non-hydrogen) atoms. The Morgan fingerprint density at radius 3 is 2.70 bits per heavy atom. The van der Waals surface area contributed by atoms with Gasteiger partial charge in [-0.05, 0) is 18.4 Å². The van der Waals surface area contributed by atoms with E-state index in [-0.39, 0.29) is 34.5 Å². The van der Waals surface area contributed by atoms with E-state index in [1.54, 1.807) is 0 Å². The molecular formula is C15H20N2O5S. The number of carbonyl (C=O) groups is 2. The molecule has 0 saturated heterocycles. The maximum Gasteiger partial charge on any atom is 0.339 e. The maximum atomic E-state index is 12.4. The molecule has 0 saturated carbocycles. The minimum Gasteiger partial charge on any atom is -0.465 e. The standard InChI is InChI=1S/C15H20N2O5S/c1-10(2)4-5-13(18)17-6-7-23(20,21)14-12(17)8-11(9-16-14)15(19)22-3/h8-10H,4-7H2,1-3H3. The molecule has 1 aromatic heterocycles. The molecule has 1 aliphatic heterocycles. The number of aromatic nitrogens is 1. The molecule has 1 aromatic rings. The van der Waals surface area contributed by atoms with Gasteiger partial charge in [0.25, 0.3) is 0 Å². The normalized spacial score (nSPS) is 16.1. The van der Waals surface area contributed by atoms with Crippen LogP contribution in [-0.4, -0.2) is 44.7 Å². The van der Waals surface area contributed by atoms with Crippen molar-refractivity contribution in [1.29, 1.82) is 0 Å². The number of methoxy groups -OCH3 is 1. The lowest BCUT2D eigenvalue weighted by atomic mass is 10.1. The molecule has 8 heteroatoms. The van der Waals surface area contributed by atoms with Crippen LogP contribution in [0.15, 0.2) is 17.3 Å². The van der Waals surface area contributed by atoms with Crippen LogP contribution in [-0.2, 0) is 19.4 Å². The van der Waals surface area contributed by atoms with Gasteiger partial charge in [-0.25, -0.2) is 18.2 Å². The molecule has 0 aromatic carbocycles. The summed E-state index contributed by atoms with van der Waals surface area (Å²) in [5, 5.41) is -0.158. The molecule has 1 amide bonds. The van der Waals surface area contributed by atoms with Gasteiger partial charge in [-0.2, -0.15) is 0 Å². The second kappa shape index (κ2) is 6.66. The third kappa shape index (κ3) is 3.69. The Kier molecular flexibility index (Phi) is 5.03. The van der Waals surface area contributed by atoms with E-state index < -0.39 is 15.8 Å². The Labute approximate surface area is 135 Å². The second-order valence-corrected chi connectivity index (χ2v) is 7.86. The van der Waals surface area contributed by atoms with Gasteiger partial charge in [0.1, 0.15) is 0 Å². The van der Waals surface area contributed by atoms with E-state index in [2.05, 4.69) is 9.72 Å². The number of anilines is 1. The first kappa shape index (κ1) is 17.4. The van der Waals surface area contributed by atoms with Crippen LogP contribution >= 0.6 is 0 Å². The smallest absolute Gasteiger partial charge is 0.339 e. The first-order chi connectivity index (χ1) is 10.8. The monoisotopic (exact) mass is 340 g/mol. The molecule has 126 valence electrons. The van der Waals surface area contributed by atoms with Crippen molar-refractivity contribution in [2.75, 3.05) is 24.3 Å². The quantitative estimate of drug-likeness (QED) is 0.770. The highest BCUT2D eigenvalue weighted by Crippen LogP contribution is 2.30. The van der Waals surface area contributed by atoms with Gasteiger partial charge in [-0.15, -0.1) is 0 Å². The Bertz CT molecular complexity index is 727. The number of esters is 1. The molecule has 0 N–H and O–H groups in total. The second-order valence-electron chi connectivity index (χ2n) is 5.84. The van der Waals surface area contributed by atoms with Crippen molar-refractivity contribution >= 4 is 27.4 Å². The van der Waals surface area contributed by atoms with E-state index in [4.69, 9.17) is 0 Å². The third-order valence-corrected chi connectivity index (χ3v) is 5.28. The van der Waals surface area contributed by atoms with Crippen LogP contribution in [0.2, 0.25) is 0 Å². The van der Waals surface area contributed by atoms with E-state index in [9.17, 15) is 18.0 Å². The topological polar surface area (TPSA) is 93.6 Å². The van der Waals surface area contributed by atoms with Gasteiger partial charge >= 0.3 is 5.97 Å². The van der Waals surface area contributed by atoms with E-state index >= 15 is 0 Å². The van der Waals surface area contributed by atoms with Crippen molar-refractivity contribution in [2.24, 2.45) is 5.92 Å². The highest BCUT2D eigenvalue weighted by molar-refractivity contribution is 7.91. The van der Waals surface area contributed by atoms with Gasteiger partial charge < -0.3 is 9.64 Å². The van der Waals surface area contributed by atoms with Crippen LogP contribution in [0.5, 0.6) is 0 Å². The molecule has 2 rings (SSSR count). The highest BCUT2D eigenvalue weighted by atomic mass is 32.2. The summed E-state index contributed by atoms with van der Waals surface area (Å²) < 4.78 is 28.9. The van der Waals surface area contributed by atoms with E-state index in [1.807, 2.05) is 13.8 Å². The number of sulfone groups is 1. The Hall–Kier alpha value is -1.96. The molecule has 0 aliphatic carbocycles. The zero-order valence-electron chi connectivity index (χ0n) is 13.4. The molecule has 0 bridgehead atoms. The van der Waals surface area contributed by atoms with Crippen molar-refractivity contribution in [1.82, 2.24) is 4.98 Å². The Morgan fingerprint density at radius 1 is 1.39 bits per heavy atom. The Balaban J connectivity index is 2.42. The van der Waals surface area contributed by atoms with Gasteiger partial charge in [0.2, 0.25) is 5.91 Å². The van der Waals surface area contributed by atoms with Gasteiger partial charge in [0, 0.05) is 19.2 Å². The summed E-state index contributed by atoms with van der Waals surface area (Å²) in [6, 6.07) is 1.36. The van der Waals surface area contributed by atoms with E-state index in [0.29, 0.717) is 18.8 Å². The molecule has 0 unspecified atom stereocenters.